The van der Waals surface area contributed by atoms with Crippen LogP contribution in [0.4, 0.5) is 4.39 Å². The fraction of sp³-hybridized carbons (Fsp3) is 0.514. The number of sulfonamides is 1. The van der Waals surface area contributed by atoms with Crippen molar-refractivity contribution >= 4 is 44.7 Å². The highest BCUT2D eigenvalue weighted by atomic mass is 32.2. The van der Waals surface area contributed by atoms with Gasteiger partial charge in [0.15, 0.2) is 5.82 Å². The Bertz CT molecular complexity index is 2110. The Morgan fingerprint density at radius 1 is 1.09 bits per heavy atom. The molecule has 7 rings (SSSR count). The van der Waals surface area contributed by atoms with E-state index in [9.17, 15) is 32.0 Å². The largest absolute Gasteiger partial charge is 0.471 e. The maximum Gasteiger partial charge on any atom is 0.272 e. The van der Waals surface area contributed by atoms with E-state index in [0.29, 0.717) is 49.0 Å². The molecule has 54 heavy (non-hydrogen) atoms. The first-order chi connectivity index (χ1) is 25.9. The number of amides is 4. The standard InChI is InChI=1S/C37H43FN8O7S/c1-3-26-34(43-31-25(38)11-9-13-27(31)41-26)53-23-16-30-33(48)44-37(36(50)45-54(51,52)24-14-15-24)17-22(37)10-7-5-4-6-8-12-28(35(49)46(30)20-23)42-32(47)29-19-39-21(2)18-40-29/h7,9-11,13,18-19,22-24,28,30H,3-6,8,12,14-17,20H2,1-2H3,(H,42,47)(H,44,48)(H,45,50)/b10-7-/t22-,23-,28+,30+,37-/m1/s1. The number of benzene rings is 1. The van der Waals surface area contributed by atoms with E-state index in [4.69, 9.17) is 4.74 Å². The topological polar surface area (TPSA) is 203 Å². The first-order valence-electron chi connectivity index (χ1n) is 18.4. The smallest absolute Gasteiger partial charge is 0.272 e. The molecule has 286 valence electrons. The second kappa shape index (κ2) is 15.0. The number of nitrogens with one attached hydrogen (secondary N) is 3. The van der Waals surface area contributed by atoms with E-state index in [-0.39, 0.29) is 42.9 Å². The van der Waals surface area contributed by atoms with Gasteiger partial charge in [0.25, 0.3) is 11.8 Å². The molecule has 2 aromatic heterocycles. The van der Waals surface area contributed by atoms with Crippen LogP contribution in [-0.2, 0) is 30.8 Å². The molecule has 15 nitrogen and oxygen atoms in total. The first-order valence-corrected chi connectivity index (χ1v) is 20.0. The maximum absolute atomic E-state index is 14.8. The average Bonchev–Trinajstić information content (AvgIpc) is 4.07. The molecule has 1 aromatic carbocycles. The van der Waals surface area contributed by atoms with Crippen molar-refractivity contribution in [3.05, 3.63) is 65.6 Å². The number of aryl methyl sites for hydroxylation is 2. The average molecular weight is 763 g/mol. The third-order valence-electron chi connectivity index (χ3n) is 10.5. The Morgan fingerprint density at radius 3 is 2.65 bits per heavy atom. The molecule has 2 aliphatic carbocycles. The molecule has 0 bridgehead atoms. The number of para-hydroxylation sites is 1. The number of fused-ring (bicyclic) bond motifs is 3. The summed E-state index contributed by atoms with van der Waals surface area (Å²) in [6.07, 6.45) is 10.2. The second-order valence-electron chi connectivity index (χ2n) is 14.5. The maximum atomic E-state index is 14.8. The van der Waals surface area contributed by atoms with Crippen LogP contribution in [0.2, 0.25) is 0 Å². The predicted octanol–water partition coefficient (Wildman–Crippen LogP) is 2.58. The lowest BCUT2D eigenvalue weighted by atomic mass is 10.0. The Labute approximate surface area is 312 Å². The van der Waals surface area contributed by atoms with E-state index in [1.54, 1.807) is 13.0 Å². The van der Waals surface area contributed by atoms with E-state index in [1.807, 2.05) is 19.1 Å². The summed E-state index contributed by atoms with van der Waals surface area (Å²) in [4.78, 5) is 74.5. The second-order valence-corrected chi connectivity index (χ2v) is 16.5. The van der Waals surface area contributed by atoms with Crippen LogP contribution in [-0.4, -0.2) is 92.4 Å². The van der Waals surface area contributed by atoms with E-state index in [0.717, 1.165) is 12.8 Å². The van der Waals surface area contributed by atoms with Crippen molar-refractivity contribution in [2.45, 2.75) is 107 Å². The van der Waals surface area contributed by atoms with Gasteiger partial charge in [0.05, 0.1) is 29.2 Å². The minimum absolute atomic E-state index is 0.00952. The number of carbonyl (C=O) groups is 4. The Morgan fingerprint density at radius 2 is 1.91 bits per heavy atom. The van der Waals surface area contributed by atoms with Crippen LogP contribution in [0.1, 0.15) is 86.6 Å². The molecule has 4 heterocycles. The molecule has 17 heteroatoms. The first kappa shape index (κ1) is 37.3. The van der Waals surface area contributed by atoms with Crippen molar-refractivity contribution in [1.82, 2.24) is 40.2 Å². The van der Waals surface area contributed by atoms with Crippen molar-refractivity contribution in [3.63, 3.8) is 0 Å². The van der Waals surface area contributed by atoms with Crippen LogP contribution in [0.25, 0.3) is 11.0 Å². The minimum Gasteiger partial charge on any atom is -0.471 e. The molecule has 0 spiro atoms. The van der Waals surface area contributed by atoms with Crippen LogP contribution in [0, 0.1) is 18.7 Å². The zero-order valence-corrected chi connectivity index (χ0v) is 30.9. The van der Waals surface area contributed by atoms with E-state index < -0.39 is 74.4 Å². The van der Waals surface area contributed by atoms with E-state index in [1.165, 1.54) is 29.4 Å². The van der Waals surface area contributed by atoms with Crippen LogP contribution in [0.5, 0.6) is 5.88 Å². The van der Waals surface area contributed by atoms with Gasteiger partial charge in [0.2, 0.25) is 27.7 Å². The van der Waals surface area contributed by atoms with Gasteiger partial charge in [-0.25, -0.2) is 27.8 Å². The number of allylic oxidation sites excluding steroid dienone is 1. The lowest BCUT2D eigenvalue weighted by molar-refractivity contribution is -0.141. The van der Waals surface area contributed by atoms with Gasteiger partial charge in [-0.2, -0.15) is 0 Å². The molecule has 1 saturated heterocycles. The highest BCUT2D eigenvalue weighted by Gasteiger charge is 2.62. The van der Waals surface area contributed by atoms with Crippen molar-refractivity contribution < 1.29 is 36.7 Å². The van der Waals surface area contributed by atoms with Crippen LogP contribution in [0.3, 0.4) is 0 Å². The van der Waals surface area contributed by atoms with Gasteiger partial charge in [0.1, 0.15) is 40.6 Å². The molecule has 0 unspecified atom stereocenters. The molecule has 4 aliphatic rings. The number of carbonyl (C=O) groups excluding carboxylic acids is 4. The summed E-state index contributed by atoms with van der Waals surface area (Å²) in [7, 11) is -3.92. The Kier molecular flexibility index (Phi) is 10.3. The Balaban J connectivity index is 1.21. The summed E-state index contributed by atoms with van der Waals surface area (Å²) < 4.78 is 48.9. The molecule has 4 amide bonds. The van der Waals surface area contributed by atoms with E-state index >= 15 is 0 Å². The quantitative estimate of drug-likeness (QED) is 0.285. The third-order valence-corrected chi connectivity index (χ3v) is 12.3. The zero-order chi connectivity index (χ0) is 38.2. The van der Waals surface area contributed by atoms with Gasteiger partial charge in [0, 0.05) is 18.5 Å². The van der Waals surface area contributed by atoms with E-state index in [2.05, 4.69) is 35.3 Å². The van der Waals surface area contributed by atoms with Gasteiger partial charge in [-0.1, -0.05) is 38.0 Å². The molecule has 3 aromatic rings. The highest BCUT2D eigenvalue weighted by Crippen LogP contribution is 2.46. The summed E-state index contributed by atoms with van der Waals surface area (Å²) in [5, 5.41) is 4.99. The third kappa shape index (κ3) is 7.77. The number of aromatic nitrogens is 4. The summed E-state index contributed by atoms with van der Waals surface area (Å²) in [5.41, 5.74) is -0.0905. The fourth-order valence-corrected chi connectivity index (χ4v) is 8.50. The summed E-state index contributed by atoms with van der Waals surface area (Å²) in [5.74, 6) is -3.64. The molecule has 0 radical (unpaired) electrons. The van der Waals surface area contributed by atoms with Gasteiger partial charge in [-0.05, 0) is 64.0 Å². The summed E-state index contributed by atoms with van der Waals surface area (Å²) in [6.45, 7) is 3.47. The molecule has 2 aliphatic heterocycles. The molecular weight excluding hydrogens is 720 g/mol. The van der Waals surface area contributed by atoms with Crippen molar-refractivity contribution in [3.8, 4) is 5.88 Å². The van der Waals surface area contributed by atoms with Crippen molar-refractivity contribution in [2.75, 3.05) is 6.54 Å². The van der Waals surface area contributed by atoms with Crippen LogP contribution < -0.4 is 20.1 Å². The summed E-state index contributed by atoms with van der Waals surface area (Å²) in [6, 6.07) is 2.21. The van der Waals surface area contributed by atoms with Crippen LogP contribution >= 0.6 is 0 Å². The van der Waals surface area contributed by atoms with Gasteiger partial charge in [-0.3, -0.25) is 28.9 Å². The number of ether oxygens (including phenoxy) is 1. The van der Waals surface area contributed by atoms with Crippen LogP contribution in [0.15, 0.2) is 42.7 Å². The monoisotopic (exact) mass is 762 g/mol. The van der Waals surface area contributed by atoms with Gasteiger partial charge in [-0.15, -0.1) is 0 Å². The molecule has 3 N–H and O–H groups in total. The lowest BCUT2D eigenvalue weighted by Crippen LogP contribution is -2.58. The molecular formula is C37H43FN8O7S. The van der Waals surface area contributed by atoms with Crippen molar-refractivity contribution in [2.24, 2.45) is 5.92 Å². The Hall–Kier alpha value is -5.06. The fourth-order valence-electron chi connectivity index (χ4n) is 7.14. The molecule has 5 atom stereocenters. The van der Waals surface area contributed by atoms with Gasteiger partial charge < -0.3 is 20.3 Å². The zero-order valence-electron chi connectivity index (χ0n) is 30.1. The number of hydrogen-bond acceptors (Lipinski definition) is 11. The predicted molar refractivity (Wildman–Crippen MR) is 193 cm³/mol. The molecule has 2 saturated carbocycles. The normalized spacial score (nSPS) is 26.8. The summed E-state index contributed by atoms with van der Waals surface area (Å²) >= 11 is 0. The highest BCUT2D eigenvalue weighted by molar-refractivity contribution is 7.91. The number of rotatable bonds is 8. The molecule has 3 fully saturated rings. The van der Waals surface area contributed by atoms with Gasteiger partial charge >= 0.3 is 0 Å². The number of nitrogens with zero attached hydrogens (tertiary/aromatic N) is 5. The SMILES string of the molecule is CCc1nc2cccc(F)c2nc1O[C@@H]1C[C@H]2C(=O)N[C@]3(C(=O)NS(=O)(=O)C4CC4)C[C@H]3/C=C\CCCCC[C@H](NC(=O)c3cnc(C)cn3)C(=O)N2C1. The van der Waals surface area contributed by atoms with Crippen molar-refractivity contribution in [1.29, 1.82) is 0 Å². The lowest BCUT2D eigenvalue weighted by Gasteiger charge is -2.29. The number of halogens is 1. The number of hydrogen-bond donors (Lipinski definition) is 3. The minimum atomic E-state index is -3.92.